The monoisotopic (exact) mass is 530 g/mol. The zero-order valence-electron chi connectivity index (χ0n) is 20.2. The van der Waals surface area contributed by atoms with Gasteiger partial charge in [-0.25, -0.2) is 14.4 Å². The van der Waals surface area contributed by atoms with Crippen LogP contribution in [0.15, 0.2) is 60.7 Å². The van der Waals surface area contributed by atoms with Crippen molar-refractivity contribution in [1.29, 1.82) is 0 Å². The van der Waals surface area contributed by atoms with Crippen molar-refractivity contribution in [1.82, 2.24) is 20.4 Å². The first kappa shape index (κ1) is 26.0. The second-order valence-corrected chi connectivity index (χ2v) is 10.3. The molecule has 2 N–H and O–H groups in total. The minimum atomic E-state index is -0.575. The summed E-state index contributed by atoms with van der Waals surface area (Å²) >= 11 is 3.11. The first-order valence-electron chi connectivity index (χ1n) is 11.8. The van der Waals surface area contributed by atoms with Crippen molar-refractivity contribution >= 4 is 41.7 Å². The van der Waals surface area contributed by atoms with E-state index in [4.69, 9.17) is 9.47 Å². The van der Waals surface area contributed by atoms with Crippen LogP contribution in [0.4, 0.5) is 14.4 Å². The number of urea groups is 1. The largest absolute Gasteiger partial charge is 0.450 e. The number of rotatable bonds is 6. The zero-order chi connectivity index (χ0) is 25.5. The van der Waals surface area contributed by atoms with Gasteiger partial charge < -0.3 is 20.1 Å². The summed E-state index contributed by atoms with van der Waals surface area (Å²) in [6, 6.07) is 18.8. The Balaban J connectivity index is 1.47. The van der Waals surface area contributed by atoms with Crippen LogP contribution in [0.25, 0.3) is 0 Å². The third-order valence-corrected chi connectivity index (χ3v) is 8.37. The molecule has 0 spiro atoms. The molecule has 2 aromatic rings. The maximum Gasteiger partial charge on any atom is 0.412 e. The molecule has 0 saturated carbocycles. The third kappa shape index (κ3) is 5.84. The van der Waals surface area contributed by atoms with Crippen LogP contribution < -0.4 is 10.6 Å². The normalized spacial score (nSPS) is 23.3. The molecule has 9 nitrogen and oxygen atoms in total. The highest BCUT2D eigenvalue weighted by Crippen LogP contribution is 2.42. The molecule has 0 aromatic heterocycles. The number of ether oxygens (including phenoxy) is 2. The highest BCUT2D eigenvalue weighted by Gasteiger charge is 2.43. The van der Waals surface area contributed by atoms with E-state index in [2.05, 4.69) is 10.6 Å². The fourth-order valence-corrected chi connectivity index (χ4v) is 6.87. The lowest BCUT2D eigenvalue weighted by molar-refractivity contribution is 0.0846. The Morgan fingerprint density at radius 2 is 1.14 bits per heavy atom. The first-order valence-corrected chi connectivity index (χ1v) is 13.9. The van der Waals surface area contributed by atoms with Crippen molar-refractivity contribution in [2.24, 2.45) is 0 Å². The van der Waals surface area contributed by atoms with Crippen molar-refractivity contribution in [2.75, 3.05) is 24.7 Å². The smallest absolute Gasteiger partial charge is 0.412 e. The molecule has 11 heteroatoms. The third-order valence-electron chi connectivity index (χ3n) is 5.72. The molecule has 4 amide bonds. The van der Waals surface area contributed by atoms with Gasteiger partial charge in [0, 0.05) is 11.5 Å². The van der Waals surface area contributed by atoms with Gasteiger partial charge in [0.1, 0.15) is 23.1 Å². The van der Waals surface area contributed by atoms with Gasteiger partial charge in [-0.2, -0.15) is 0 Å². The summed E-state index contributed by atoms with van der Waals surface area (Å²) in [6.07, 6.45) is -2.13. The van der Waals surface area contributed by atoms with Crippen LogP contribution in [0.2, 0.25) is 0 Å². The summed E-state index contributed by atoms with van der Waals surface area (Å²) in [7, 11) is 0. The lowest BCUT2D eigenvalue weighted by Gasteiger charge is -2.31. The summed E-state index contributed by atoms with van der Waals surface area (Å²) in [5.41, 5.74) is 1.90. The molecule has 36 heavy (non-hydrogen) atoms. The van der Waals surface area contributed by atoms with Gasteiger partial charge in [0.2, 0.25) is 0 Å². The van der Waals surface area contributed by atoms with Crippen molar-refractivity contribution in [3.63, 3.8) is 0 Å². The van der Waals surface area contributed by atoms with Gasteiger partial charge in [0.05, 0.1) is 13.2 Å². The molecule has 4 rings (SSSR count). The van der Waals surface area contributed by atoms with Gasteiger partial charge in [-0.1, -0.05) is 60.7 Å². The molecule has 2 aliphatic heterocycles. The molecule has 0 aliphatic carbocycles. The highest BCUT2D eigenvalue weighted by molar-refractivity contribution is 8.00. The van der Waals surface area contributed by atoms with Gasteiger partial charge in [-0.05, 0) is 25.0 Å². The molecular formula is C25H30N4O5S2. The van der Waals surface area contributed by atoms with E-state index in [0.717, 1.165) is 11.1 Å². The minimum absolute atomic E-state index is 0.231. The lowest BCUT2D eigenvalue weighted by atomic mass is 10.2. The Bertz CT molecular complexity index is 964. The van der Waals surface area contributed by atoms with Crippen molar-refractivity contribution < 1.29 is 23.9 Å². The molecule has 192 valence electrons. The Morgan fingerprint density at radius 3 is 1.50 bits per heavy atom. The molecule has 2 fully saturated rings. The van der Waals surface area contributed by atoms with E-state index in [1.54, 1.807) is 47.2 Å². The quantitative estimate of drug-likeness (QED) is 0.556. The second kappa shape index (κ2) is 12.3. The predicted octanol–water partition coefficient (Wildman–Crippen LogP) is 4.75. The summed E-state index contributed by atoms with van der Waals surface area (Å²) < 4.78 is 10.6. The van der Waals surface area contributed by atoms with Crippen LogP contribution >= 0.6 is 23.5 Å². The van der Waals surface area contributed by atoms with Gasteiger partial charge >= 0.3 is 18.2 Å². The predicted molar refractivity (Wildman–Crippen MR) is 140 cm³/mol. The molecular weight excluding hydrogens is 500 g/mol. The van der Waals surface area contributed by atoms with E-state index >= 15 is 0 Å². The highest BCUT2D eigenvalue weighted by atomic mass is 32.2. The lowest BCUT2D eigenvalue weighted by Crippen LogP contribution is -2.57. The Hall–Kier alpha value is -3.05. The number of carbonyl (C=O) groups excluding carboxylic acids is 3. The van der Waals surface area contributed by atoms with Crippen molar-refractivity contribution in [2.45, 2.75) is 36.9 Å². The van der Waals surface area contributed by atoms with E-state index in [1.807, 2.05) is 60.7 Å². The SMILES string of the molecule is CCOC(=O)N1[C@@H](c2ccccc2)SC[C@H]1NC(=O)N[C@@H]1CS[C@H](c2ccccc2)N1C(=O)OCC. The Kier molecular flexibility index (Phi) is 8.87. The average Bonchev–Trinajstić information content (AvgIpc) is 3.50. The maximum atomic E-state index is 13.1. The van der Waals surface area contributed by atoms with E-state index in [9.17, 15) is 14.4 Å². The molecule has 2 heterocycles. The van der Waals surface area contributed by atoms with Crippen molar-refractivity contribution in [3.8, 4) is 0 Å². The van der Waals surface area contributed by atoms with Gasteiger partial charge in [0.15, 0.2) is 0 Å². The first-order chi connectivity index (χ1) is 17.5. The zero-order valence-corrected chi connectivity index (χ0v) is 21.8. The van der Waals surface area contributed by atoms with Crippen LogP contribution in [0.1, 0.15) is 35.7 Å². The standard InChI is InChI=1S/C25H30N4O5S2/c1-3-33-24(31)28-19(15-35-21(28)17-11-7-5-8-12-17)26-23(30)27-20-16-36-22(18-13-9-6-10-14-18)29(20)25(32)34-4-2/h5-14,19-22H,3-4,15-16H2,1-2H3,(H2,26,27,30)/t19-,20-,21+,22+/m0/s1. The summed E-state index contributed by atoms with van der Waals surface area (Å²) in [5.74, 6) is 0.999. The minimum Gasteiger partial charge on any atom is -0.450 e. The second-order valence-electron chi connectivity index (χ2n) is 8.05. The Labute approximate surface area is 219 Å². The number of nitrogens with zero attached hydrogens (tertiary/aromatic N) is 2. The number of benzene rings is 2. The molecule has 2 aromatic carbocycles. The van der Waals surface area contributed by atoms with Gasteiger partial charge in [-0.3, -0.25) is 9.80 Å². The van der Waals surface area contributed by atoms with Crippen LogP contribution in [0, 0.1) is 0 Å². The molecule has 2 aliphatic rings. The molecule has 0 bridgehead atoms. The van der Waals surface area contributed by atoms with Gasteiger partial charge in [-0.15, -0.1) is 23.5 Å². The number of hydrogen-bond acceptors (Lipinski definition) is 7. The van der Waals surface area contributed by atoms with Crippen LogP contribution in [0.5, 0.6) is 0 Å². The Morgan fingerprint density at radius 1 is 0.750 bits per heavy atom. The number of nitrogens with one attached hydrogen (secondary N) is 2. The van der Waals surface area contributed by atoms with E-state index < -0.39 is 30.5 Å². The number of thioether (sulfide) groups is 2. The van der Waals surface area contributed by atoms with Crippen LogP contribution in [-0.4, -0.2) is 65.1 Å². The molecule has 0 radical (unpaired) electrons. The fourth-order valence-electron chi connectivity index (χ4n) is 4.17. The van der Waals surface area contributed by atoms with Crippen LogP contribution in [0.3, 0.4) is 0 Å². The molecule has 4 atom stereocenters. The summed E-state index contributed by atoms with van der Waals surface area (Å²) in [5, 5.41) is 5.25. The number of amides is 4. The topological polar surface area (TPSA) is 100 Å². The van der Waals surface area contributed by atoms with E-state index in [1.165, 1.54) is 0 Å². The van der Waals surface area contributed by atoms with E-state index in [-0.39, 0.29) is 24.0 Å². The average molecular weight is 531 g/mol. The maximum absolute atomic E-state index is 13.1. The number of hydrogen-bond donors (Lipinski definition) is 2. The van der Waals surface area contributed by atoms with Crippen molar-refractivity contribution in [3.05, 3.63) is 71.8 Å². The van der Waals surface area contributed by atoms with Gasteiger partial charge in [0.25, 0.3) is 0 Å². The molecule has 2 saturated heterocycles. The fraction of sp³-hybridized carbons (Fsp3) is 0.400. The van der Waals surface area contributed by atoms with Crippen LogP contribution in [-0.2, 0) is 9.47 Å². The molecule has 0 unspecified atom stereocenters. The van der Waals surface area contributed by atoms with E-state index in [0.29, 0.717) is 11.5 Å². The number of carbonyl (C=O) groups is 3. The summed E-state index contributed by atoms with van der Waals surface area (Å²) in [4.78, 5) is 41.9. The summed E-state index contributed by atoms with van der Waals surface area (Å²) in [6.45, 7) is 3.96.